The Morgan fingerprint density at radius 2 is 1.81 bits per heavy atom. The first-order valence-corrected chi connectivity index (χ1v) is 6.77. The molecule has 0 saturated carbocycles. The van der Waals surface area contributed by atoms with Gasteiger partial charge in [0.1, 0.15) is 0 Å². The molecule has 0 unspecified atom stereocenters. The molecule has 2 N–H and O–H groups in total. The van der Waals surface area contributed by atoms with Crippen LogP contribution in [0, 0.1) is 11.3 Å². The minimum Gasteiger partial charge on any atom is -0.334 e. The highest BCUT2D eigenvalue weighted by molar-refractivity contribution is 5.74. The number of hydrogen-bond acceptors (Lipinski definition) is 2. The van der Waals surface area contributed by atoms with E-state index in [1.165, 1.54) is 0 Å². The van der Waals surface area contributed by atoms with E-state index in [4.69, 9.17) is 5.26 Å². The molecular formula is C17H17N3O. The lowest BCUT2D eigenvalue weighted by Gasteiger charge is -2.15. The van der Waals surface area contributed by atoms with Crippen molar-refractivity contribution < 1.29 is 4.79 Å². The lowest BCUT2D eigenvalue weighted by atomic mass is 10.1. The van der Waals surface area contributed by atoms with Crippen molar-refractivity contribution in [3.8, 4) is 6.07 Å². The van der Waals surface area contributed by atoms with Gasteiger partial charge in [0.2, 0.25) is 0 Å². The smallest absolute Gasteiger partial charge is 0.315 e. The van der Waals surface area contributed by atoms with E-state index in [2.05, 4.69) is 16.7 Å². The predicted molar refractivity (Wildman–Crippen MR) is 81.4 cm³/mol. The monoisotopic (exact) mass is 279 g/mol. The molecule has 0 aromatic heterocycles. The number of hydrogen-bond donors (Lipinski definition) is 2. The lowest BCUT2D eigenvalue weighted by Crippen LogP contribution is -2.36. The van der Waals surface area contributed by atoms with Gasteiger partial charge in [0.05, 0.1) is 17.7 Å². The van der Waals surface area contributed by atoms with Crippen molar-refractivity contribution in [2.45, 2.75) is 19.5 Å². The third-order valence-corrected chi connectivity index (χ3v) is 3.18. The summed E-state index contributed by atoms with van der Waals surface area (Å²) in [4.78, 5) is 11.8. The molecule has 0 fully saturated rings. The van der Waals surface area contributed by atoms with E-state index < -0.39 is 0 Å². The average molecular weight is 279 g/mol. The number of benzene rings is 2. The first-order chi connectivity index (χ1) is 10.2. The summed E-state index contributed by atoms with van der Waals surface area (Å²) in [5.41, 5.74) is 2.63. The molecule has 0 aliphatic heterocycles. The minimum atomic E-state index is -0.212. The Hall–Kier alpha value is -2.80. The number of nitrogens with zero attached hydrogens (tertiary/aromatic N) is 1. The molecule has 0 aliphatic carbocycles. The van der Waals surface area contributed by atoms with Crippen LogP contribution in [0.25, 0.3) is 0 Å². The Morgan fingerprint density at radius 1 is 1.14 bits per heavy atom. The molecule has 106 valence electrons. The number of urea groups is 1. The normalized spacial score (nSPS) is 11.2. The molecule has 0 spiro atoms. The van der Waals surface area contributed by atoms with Gasteiger partial charge in [0.15, 0.2) is 0 Å². The predicted octanol–water partition coefficient (Wildman–Crippen LogP) is 3.12. The molecule has 2 amide bonds. The Kier molecular flexibility index (Phi) is 4.94. The molecule has 1 atom stereocenters. The van der Waals surface area contributed by atoms with Crippen LogP contribution in [0.3, 0.4) is 0 Å². The van der Waals surface area contributed by atoms with E-state index in [0.29, 0.717) is 12.1 Å². The summed E-state index contributed by atoms with van der Waals surface area (Å²) in [7, 11) is 0. The van der Waals surface area contributed by atoms with Crippen molar-refractivity contribution in [3.05, 3.63) is 71.3 Å². The summed E-state index contributed by atoms with van der Waals surface area (Å²) in [6.07, 6.45) is 0. The SMILES string of the molecule is C[C@@H](NC(=O)NCc1ccccc1)c1ccc(C#N)cc1. The van der Waals surface area contributed by atoms with Crippen LogP contribution in [0.4, 0.5) is 4.79 Å². The largest absolute Gasteiger partial charge is 0.334 e. The maximum absolute atomic E-state index is 11.8. The Balaban J connectivity index is 1.85. The summed E-state index contributed by atoms with van der Waals surface area (Å²) < 4.78 is 0. The molecule has 2 aromatic carbocycles. The van der Waals surface area contributed by atoms with Crippen LogP contribution in [0.1, 0.15) is 29.7 Å². The van der Waals surface area contributed by atoms with Crippen LogP contribution < -0.4 is 10.6 Å². The molecule has 0 saturated heterocycles. The first-order valence-electron chi connectivity index (χ1n) is 6.77. The Labute approximate surface area is 124 Å². The van der Waals surface area contributed by atoms with Gasteiger partial charge in [-0.15, -0.1) is 0 Å². The van der Waals surface area contributed by atoms with Gasteiger partial charge >= 0.3 is 6.03 Å². The zero-order valence-corrected chi connectivity index (χ0v) is 11.8. The maximum Gasteiger partial charge on any atom is 0.315 e. The third-order valence-electron chi connectivity index (χ3n) is 3.18. The topological polar surface area (TPSA) is 64.9 Å². The van der Waals surface area contributed by atoms with Crippen molar-refractivity contribution in [2.24, 2.45) is 0 Å². The number of rotatable bonds is 4. The average Bonchev–Trinajstić information content (AvgIpc) is 2.54. The second-order valence-corrected chi connectivity index (χ2v) is 4.77. The van der Waals surface area contributed by atoms with Gasteiger partial charge < -0.3 is 10.6 Å². The van der Waals surface area contributed by atoms with Crippen LogP contribution in [0.15, 0.2) is 54.6 Å². The van der Waals surface area contributed by atoms with Crippen LogP contribution in [-0.2, 0) is 6.54 Å². The molecule has 0 heterocycles. The molecular weight excluding hydrogens is 262 g/mol. The molecule has 0 bridgehead atoms. The summed E-state index contributed by atoms with van der Waals surface area (Å²) in [6, 6.07) is 18.7. The highest BCUT2D eigenvalue weighted by atomic mass is 16.2. The van der Waals surface area contributed by atoms with E-state index in [0.717, 1.165) is 11.1 Å². The van der Waals surface area contributed by atoms with Gasteiger partial charge in [0, 0.05) is 6.54 Å². The van der Waals surface area contributed by atoms with Crippen molar-refractivity contribution in [2.75, 3.05) is 0 Å². The van der Waals surface area contributed by atoms with Crippen LogP contribution in [0.5, 0.6) is 0 Å². The van der Waals surface area contributed by atoms with E-state index in [1.54, 1.807) is 12.1 Å². The molecule has 2 aromatic rings. The number of carbonyl (C=O) groups excluding carboxylic acids is 1. The number of carbonyl (C=O) groups is 1. The van der Waals surface area contributed by atoms with Gasteiger partial charge in [0.25, 0.3) is 0 Å². The molecule has 4 heteroatoms. The molecule has 0 aliphatic rings. The lowest BCUT2D eigenvalue weighted by molar-refractivity contribution is 0.237. The standard InChI is InChI=1S/C17H17N3O/c1-13(16-9-7-14(11-18)8-10-16)20-17(21)19-12-15-5-3-2-4-6-15/h2-10,13H,12H2,1H3,(H2,19,20,21)/t13-/m1/s1. The van der Waals surface area contributed by atoms with E-state index in [9.17, 15) is 4.79 Å². The summed E-state index contributed by atoms with van der Waals surface area (Å²) in [5, 5.41) is 14.5. The fraction of sp³-hybridized carbons (Fsp3) is 0.176. The van der Waals surface area contributed by atoms with Crippen molar-refractivity contribution in [3.63, 3.8) is 0 Å². The van der Waals surface area contributed by atoms with Gasteiger partial charge in [-0.3, -0.25) is 0 Å². The Bertz CT molecular complexity index is 629. The van der Waals surface area contributed by atoms with Gasteiger partial charge in [-0.2, -0.15) is 5.26 Å². The van der Waals surface area contributed by atoms with Crippen LogP contribution in [0.2, 0.25) is 0 Å². The number of amides is 2. The quantitative estimate of drug-likeness (QED) is 0.903. The summed E-state index contributed by atoms with van der Waals surface area (Å²) in [6.45, 7) is 2.40. The zero-order chi connectivity index (χ0) is 15.1. The fourth-order valence-electron chi connectivity index (χ4n) is 1.96. The van der Waals surface area contributed by atoms with Crippen LogP contribution in [-0.4, -0.2) is 6.03 Å². The van der Waals surface area contributed by atoms with Gasteiger partial charge in [-0.1, -0.05) is 42.5 Å². The highest BCUT2D eigenvalue weighted by Crippen LogP contribution is 2.12. The minimum absolute atomic E-state index is 0.117. The molecule has 21 heavy (non-hydrogen) atoms. The Morgan fingerprint density at radius 3 is 2.43 bits per heavy atom. The van der Waals surface area contributed by atoms with Crippen molar-refractivity contribution >= 4 is 6.03 Å². The second-order valence-electron chi connectivity index (χ2n) is 4.77. The highest BCUT2D eigenvalue weighted by Gasteiger charge is 2.09. The van der Waals surface area contributed by atoms with Gasteiger partial charge in [-0.25, -0.2) is 4.79 Å². The number of nitrogens with one attached hydrogen (secondary N) is 2. The van der Waals surface area contributed by atoms with Crippen molar-refractivity contribution in [1.82, 2.24) is 10.6 Å². The van der Waals surface area contributed by atoms with E-state index >= 15 is 0 Å². The van der Waals surface area contributed by atoms with Crippen molar-refractivity contribution in [1.29, 1.82) is 5.26 Å². The first kappa shape index (κ1) is 14.6. The molecule has 0 radical (unpaired) electrons. The van der Waals surface area contributed by atoms with E-state index in [-0.39, 0.29) is 12.1 Å². The van der Waals surface area contributed by atoms with E-state index in [1.807, 2.05) is 49.4 Å². The summed E-state index contributed by atoms with van der Waals surface area (Å²) in [5.74, 6) is 0. The van der Waals surface area contributed by atoms with Crippen LogP contribution >= 0.6 is 0 Å². The summed E-state index contributed by atoms with van der Waals surface area (Å²) >= 11 is 0. The third kappa shape index (κ3) is 4.36. The van der Waals surface area contributed by atoms with Gasteiger partial charge in [-0.05, 0) is 30.2 Å². The fourth-order valence-corrected chi connectivity index (χ4v) is 1.96. The zero-order valence-electron chi connectivity index (χ0n) is 11.8. The molecule has 2 rings (SSSR count). The molecule has 4 nitrogen and oxygen atoms in total. The number of nitriles is 1. The maximum atomic E-state index is 11.8. The second kappa shape index (κ2) is 7.11.